The Balaban J connectivity index is 1.46. The van der Waals surface area contributed by atoms with E-state index in [1.165, 1.54) is 31.2 Å². The van der Waals surface area contributed by atoms with Crippen molar-refractivity contribution in [2.45, 2.75) is 45.2 Å². The number of nitrogens with one attached hydrogen (secondary N) is 2. The molecule has 0 bridgehead atoms. The normalized spacial score (nSPS) is 14.8. The molecule has 0 saturated heterocycles. The molecule has 2 aromatic rings. The van der Waals surface area contributed by atoms with Gasteiger partial charge in [0.05, 0.1) is 6.54 Å². The van der Waals surface area contributed by atoms with Gasteiger partial charge in [0.15, 0.2) is 5.96 Å². The van der Waals surface area contributed by atoms with Crippen LogP contribution in [0.25, 0.3) is 0 Å². The van der Waals surface area contributed by atoms with Crippen molar-refractivity contribution in [2.75, 3.05) is 13.6 Å². The summed E-state index contributed by atoms with van der Waals surface area (Å²) in [6.07, 6.45) is 12.6. The zero-order valence-electron chi connectivity index (χ0n) is 15.6. The predicted molar refractivity (Wildman–Crippen MR) is 107 cm³/mol. The minimum absolute atomic E-state index is 0.655. The molecule has 5 heteroatoms. The van der Waals surface area contributed by atoms with E-state index in [9.17, 15) is 0 Å². The van der Waals surface area contributed by atoms with Crippen LogP contribution in [0.1, 0.15) is 43.5 Å². The molecule has 0 radical (unpaired) electrons. The molecule has 0 saturated carbocycles. The monoisotopic (exact) mass is 351 g/mol. The lowest BCUT2D eigenvalue weighted by Crippen LogP contribution is -2.38. The first-order valence-corrected chi connectivity index (χ1v) is 9.51. The van der Waals surface area contributed by atoms with E-state index < -0.39 is 0 Å². The summed E-state index contributed by atoms with van der Waals surface area (Å²) in [7, 11) is 1.81. The fourth-order valence-corrected chi connectivity index (χ4v) is 3.29. The van der Waals surface area contributed by atoms with Crippen LogP contribution in [0.2, 0.25) is 0 Å². The third-order valence-electron chi connectivity index (χ3n) is 4.76. The molecular formula is C21H29N5. The van der Waals surface area contributed by atoms with Gasteiger partial charge in [0.2, 0.25) is 0 Å². The van der Waals surface area contributed by atoms with Crippen molar-refractivity contribution in [1.29, 1.82) is 0 Å². The second kappa shape index (κ2) is 9.80. The fourth-order valence-electron chi connectivity index (χ4n) is 3.29. The van der Waals surface area contributed by atoms with Crippen molar-refractivity contribution in [3.63, 3.8) is 0 Å². The summed E-state index contributed by atoms with van der Waals surface area (Å²) in [4.78, 5) is 8.80. The summed E-state index contributed by atoms with van der Waals surface area (Å²) in [5.41, 5.74) is 2.85. The highest BCUT2D eigenvalue weighted by atomic mass is 15.2. The number of guanidine groups is 1. The average molecular weight is 351 g/mol. The molecule has 0 unspecified atom stereocenters. The van der Waals surface area contributed by atoms with E-state index in [0.717, 1.165) is 31.3 Å². The molecule has 5 nitrogen and oxygen atoms in total. The smallest absolute Gasteiger partial charge is 0.191 e. The van der Waals surface area contributed by atoms with Gasteiger partial charge in [-0.15, -0.1) is 0 Å². The largest absolute Gasteiger partial charge is 0.356 e. The average Bonchev–Trinajstić information content (AvgIpc) is 3.13. The van der Waals surface area contributed by atoms with Crippen LogP contribution in [0.15, 0.2) is 59.4 Å². The van der Waals surface area contributed by atoms with Crippen LogP contribution in [0.3, 0.4) is 0 Å². The van der Waals surface area contributed by atoms with Gasteiger partial charge in [0.1, 0.15) is 5.82 Å². The first-order chi connectivity index (χ1) is 12.8. The van der Waals surface area contributed by atoms with Crippen molar-refractivity contribution >= 4 is 5.96 Å². The highest BCUT2D eigenvalue weighted by Gasteiger charge is 2.06. The topological polar surface area (TPSA) is 54.2 Å². The molecule has 1 aromatic heterocycles. The van der Waals surface area contributed by atoms with Crippen molar-refractivity contribution in [2.24, 2.45) is 4.99 Å². The van der Waals surface area contributed by atoms with Gasteiger partial charge in [-0.05, 0) is 37.7 Å². The van der Waals surface area contributed by atoms with E-state index in [4.69, 9.17) is 0 Å². The summed E-state index contributed by atoms with van der Waals surface area (Å²) < 4.78 is 2.17. The Bertz CT molecular complexity index is 730. The molecule has 0 spiro atoms. The molecule has 2 N–H and O–H groups in total. The number of aromatic nitrogens is 2. The quantitative estimate of drug-likeness (QED) is 0.456. The zero-order valence-corrected chi connectivity index (χ0v) is 15.6. The first-order valence-electron chi connectivity index (χ1n) is 9.51. The lowest BCUT2D eigenvalue weighted by molar-refractivity contribution is 0.660. The van der Waals surface area contributed by atoms with Crippen LogP contribution in [0.4, 0.5) is 0 Å². The molecule has 0 amide bonds. The second-order valence-electron chi connectivity index (χ2n) is 6.67. The van der Waals surface area contributed by atoms with Crippen molar-refractivity contribution in [3.8, 4) is 0 Å². The number of aliphatic imine (C=N–C) groups is 1. The Morgan fingerprint density at radius 2 is 2.08 bits per heavy atom. The minimum atomic E-state index is 0.655. The van der Waals surface area contributed by atoms with E-state index in [1.54, 1.807) is 5.57 Å². The van der Waals surface area contributed by atoms with Gasteiger partial charge in [-0.25, -0.2) is 4.98 Å². The Morgan fingerprint density at radius 3 is 2.85 bits per heavy atom. The fraction of sp³-hybridized carbons (Fsp3) is 0.429. The molecule has 0 aliphatic heterocycles. The van der Waals surface area contributed by atoms with Gasteiger partial charge < -0.3 is 15.2 Å². The van der Waals surface area contributed by atoms with E-state index in [-0.39, 0.29) is 0 Å². The molecule has 3 rings (SSSR count). The lowest BCUT2D eigenvalue weighted by Gasteiger charge is -2.15. The van der Waals surface area contributed by atoms with E-state index in [2.05, 4.69) is 55.5 Å². The third-order valence-corrected chi connectivity index (χ3v) is 4.76. The highest BCUT2D eigenvalue weighted by Crippen LogP contribution is 2.19. The van der Waals surface area contributed by atoms with Crippen LogP contribution in [0, 0.1) is 0 Å². The highest BCUT2D eigenvalue weighted by molar-refractivity contribution is 5.79. The standard InChI is InChI=1S/C21H29N5/c1-22-21(24-13-12-18-8-4-2-5-9-18)25-16-20-23-14-15-26(20)17-19-10-6-3-7-11-19/h3,6-8,10-11,14-15H,2,4-5,9,12-13,16-17H2,1H3,(H2,22,24,25). The van der Waals surface area contributed by atoms with Gasteiger partial charge in [-0.1, -0.05) is 42.0 Å². The van der Waals surface area contributed by atoms with Crippen LogP contribution in [-0.4, -0.2) is 29.1 Å². The molecule has 1 aliphatic carbocycles. The lowest BCUT2D eigenvalue weighted by atomic mass is 9.97. The van der Waals surface area contributed by atoms with Gasteiger partial charge in [0, 0.05) is 32.5 Å². The van der Waals surface area contributed by atoms with E-state index in [1.807, 2.05) is 25.5 Å². The summed E-state index contributed by atoms with van der Waals surface area (Å²) >= 11 is 0. The number of rotatable bonds is 7. The first kappa shape index (κ1) is 18.2. The van der Waals surface area contributed by atoms with Gasteiger partial charge in [-0.3, -0.25) is 4.99 Å². The number of nitrogens with zero attached hydrogens (tertiary/aromatic N) is 3. The molecule has 1 aromatic carbocycles. The van der Waals surface area contributed by atoms with Crippen LogP contribution >= 0.6 is 0 Å². The maximum absolute atomic E-state index is 4.48. The molecule has 0 atom stereocenters. The Morgan fingerprint density at radius 1 is 1.19 bits per heavy atom. The van der Waals surface area contributed by atoms with E-state index >= 15 is 0 Å². The third kappa shape index (κ3) is 5.48. The van der Waals surface area contributed by atoms with Gasteiger partial charge in [0.25, 0.3) is 0 Å². The van der Waals surface area contributed by atoms with Crippen LogP contribution < -0.4 is 10.6 Å². The van der Waals surface area contributed by atoms with Crippen molar-refractivity contribution in [3.05, 3.63) is 65.8 Å². The Labute approximate surface area is 156 Å². The maximum Gasteiger partial charge on any atom is 0.191 e. The number of imidazole rings is 1. The summed E-state index contributed by atoms with van der Waals surface area (Å²) in [6.45, 7) is 2.41. The summed E-state index contributed by atoms with van der Waals surface area (Å²) in [5.74, 6) is 1.84. The number of allylic oxidation sites excluding steroid dienone is 1. The molecule has 1 heterocycles. The number of hydrogen-bond donors (Lipinski definition) is 2. The second-order valence-corrected chi connectivity index (χ2v) is 6.67. The minimum Gasteiger partial charge on any atom is -0.356 e. The van der Waals surface area contributed by atoms with E-state index in [0.29, 0.717) is 6.54 Å². The SMILES string of the molecule is CN=C(NCCC1=CCCCC1)NCc1nccn1Cc1ccccc1. The summed E-state index contributed by atoms with van der Waals surface area (Å²) in [5, 5.41) is 6.78. The predicted octanol–water partition coefficient (Wildman–Crippen LogP) is 3.49. The van der Waals surface area contributed by atoms with Crippen LogP contribution in [-0.2, 0) is 13.1 Å². The molecule has 138 valence electrons. The molecule has 0 fully saturated rings. The molecule has 1 aliphatic rings. The maximum atomic E-state index is 4.48. The molecular weight excluding hydrogens is 322 g/mol. The Hall–Kier alpha value is -2.56. The van der Waals surface area contributed by atoms with Crippen LogP contribution in [0.5, 0.6) is 0 Å². The summed E-state index contributed by atoms with van der Waals surface area (Å²) in [6, 6.07) is 10.4. The molecule has 26 heavy (non-hydrogen) atoms. The number of hydrogen-bond acceptors (Lipinski definition) is 2. The van der Waals surface area contributed by atoms with Crippen molar-refractivity contribution in [1.82, 2.24) is 20.2 Å². The van der Waals surface area contributed by atoms with Gasteiger partial charge in [-0.2, -0.15) is 0 Å². The number of benzene rings is 1. The van der Waals surface area contributed by atoms with Crippen molar-refractivity contribution < 1.29 is 0 Å². The zero-order chi connectivity index (χ0) is 18.0. The van der Waals surface area contributed by atoms with Gasteiger partial charge >= 0.3 is 0 Å². The Kier molecular flexibility index (Phi) is 6.88.